The van der Waals surface area contributed by atoms with E-state index in [0.717, 1.165) is 50.5 Å². The Morgan fingerprint density at radius 2 is 1.56 bits per heavy atom. The first-order valence-corrected chi connectivity index (χ1v) is 12.0. The first-order valence-electron chi connectivity index (χ1n) is 12.0. The molecule has 0 saturated heterocycles. The molecule has 1 aromatic heterocycles. The van der Waals surface area contributed by atoms with Crippen LogP contribution in [0.4, 0.5) is 0 Å². The van der Waals surface area contributed by atoms with E-state index in [9.17, 15) is 14.4 Å². The Morgan fingerprint density at radius 1 is 0.875 bits per heavy atom. The summed E-state index contributed by atoms with van der Waals surface area (Å²) in [7, 11) is 0. The zero-order valence-electron chi connectivity index (χ0n) is 18.5. The number of rotatable bonds is 4. The first-order chi connectivity index (χ1) is 15.6. The lowest BCUT2D eigenvalue weighted by Gasteiger charge is -2.29. The number of carbonyl (C=O) groups excluding carboxylic acids is 2. The van der Waals surface area contributed by atoms with Crippen LogP contribution in [0.25, 0.3) is 0 Å². The number of pyridine rings is 1. The summed E-state index contributed by atoms with van der Waals surface area (Å²) >= 11 is 0. The van der Waals surface area contributed by atoms with Crippen molar-refractivity contribution >= 4 is 11.8 Å². The van der Waals surface area contributed by atoms with Crippen LogP contribution < -0.4 is 10.7 Å². The molecule has 2 amide bonds. The predicted molar refractivity (Wildman–Crippen MR) is 123 cm³/mol. The predicted octanol–water partition coefficient (Wildman–Crippen LogP) is 3.83. The fourth-order valence-electron chi connectivity index (χ4n) is 5.02. The van der Waals surface area contributed by atoms with Crippen molar-refractivity contribution in [1.82, 2.24) is 14.8 Å². The van der Waals surface area contributed by atoms with E-state index in [1.165, 1.54) is 18.4 Å². The van der Waals surface area contributed by atoms with Gasteiger partial charge in [-0.15, -0.1) is 0 Å². The second-order valence-electron chi connectivity index (χ2n) is 9.50. The van der Waals surface area contributed by atoms with Gasteiger partial charge in [-0.1, -0.05) is 49.9 Å². The number of amides is 2. The van der Waals surface area contributed by atoms with E-state index in [0.29, 0.717) is 13.1 Å². The molecule has 3 aliphatic rings. The standard InChI is InChI=1S/C26H31N3O3/c30-24-22(25(31)27-20-9-3-1-2-4-10-20)16-29(21-11-12-21)17-23(24)26(32)28-14-13-18-7-5-6-8-19(18)15-28/h5-8,16-17,20-21H,1-4,9-15H2,(H,27,31). The van der Waals surface area contributed by atoms with Gasteiger partial charge in [0, 0.05) is 37.6 Å². The van der Waals surface area contributed by atoms with Crippen LogP contribution >= 0.6 is 0 Å². The summed E-state index contributed by atoms with van der Waals surface area (Å²) in [6.07, 6.45) is 12.6. The van der Waals surface area contributed by atoms with E-state index in [-0.39, 0.29) is 35.0 Å². The zero-order valence-corrected chi connectivity index (χ0v) is 18.5. The van der Waals surface area contributed by atoms with Gasteiger partial charge in [-0.05, 0) is 43.2 Å². The highest BCUT2D eigenvalue weighted by Gasteiger charge is 2.30. The van der Waals surface area contributed by atoms with Crippen LogP contribution in [0.3, 0.4) is 0 Å². The minimum atomic E-state index is -0.447. The minimum Gasteiger partial charge on any atom is -0.349 e. The number of benzene rings is 1. The van der Waals surface area contributed by atoms with Gasteiger partial charge in [0.05, 0.1) is 0 Å². The number of aromatic nitrogens is 1. The largest absolute Gasteiger partial charge is 0.349 e. The molecule has 0 unspecified atom stereocenters. The highest BCUT2D eigenvalue weighted by Crippen LogP contribution is 2.34. The summed E-state index contributed by atoms with van der Waals surface area (Å²) in [5, 5.41) is 3.08. The van der Waals surface area contributed by atoms with Crippen LogP contribution in [-0.2, 0) is 13.0 Å². The molecule has 0 spiro atoms. The van der Waals surface area contributed by atoms with Crippen molar-refractivity contribution in [3.05, 3.63) is 69.1 Å². The second-order valence-corrected chi connectivity index (χ2v) is 9.50. The van der Waals surface area contributed by atoms with E-state index < -0.39 is 5.43 Å². The van der Waals surface area contributed by atoms with Crippen molar-refractivity contribution in [3.63, 3.8) is 0 Å². The van der Waals surface area contributed by atoms with E-state index >= 15 is 0 Å². The average molecular weight is 434 g/mol. The summed E-state index contributed by atoms with van der Waals surface area (Å²) in [6, 6.07) is 8.50. The highest BCUT2D eigenvalue weighted by molar-refractivity contribution is 5.99. The molecular formula is C26H31N3O3. The van der Waals surface area contributed by atoms with Crippen molar-refractivity contribution in [3.8, 4) is 0 Å². The van der Waals surface area contributed by atoms with E-state index in [1.807, 2.05) is 22.8 Å². The minimum absolute atomic E-state index is 0.101. The molecule has 0 radical (unpaired) electrons. The molecule has 1 aliphatic heterocycles. The van der Waals surface area contributed by atoms with E-state index in [1.54, 1.807) is 17.3 Å². The normalized spacial score (nSPS) is 19.2. The Morgan fingerprint density at radius 3 is 2.28 bits per heavy atom. The fraction of sp³-hybridized carbons (Fsp3) is 0.500. The van der Waals surface area contributed by atoms with Crippen molar-refractivity contribution in [2.45, 2.75) is 76.4 Å². The highest BCUT2D eigenvalue weighted by atomic mass is 16.2. The SMILES string of the molecule is O=C(NC1CCCCCC1)c1cn(C2CC2)cc(C(=O)N2CCc3ccccc3C2)c1=O. The smallest absolute Gasteiger partial charge is 0.259 e. The van der Waals surface area contributed by atoms with Crippen molar-refractivity contribution in [2.24, 2.45) is 0 Å². The monoisotopic (exact) mass is 433 g/mol. The van der Waals surface area contributed by atoms with Crippen LogP contribution in [0, 0.1) is 0 Å². The van der Waals surface area contributed by atoms with Gasteiger partial charge in [-0.2, -0.15) is 0 Å². The van der Waals surface area contributed by atoms with Crippen molar-refractivity contribution in [2.75, 3.05) is 6.54 Å². The van der Waals surface area contributed by atoms with Gasteiger partial charge >= 0.3 is 0 Å². The summed E-state index contributed by atoms with van der Waals surface area (Å²) in [6.45, 7) is 1.08. The lowest BCUT2D eigenvalue weighted by atomic mass is 9.99. The maximum atomic E-state index is 13.4. The molecule has 0 atom stereocenters. The molecule has 1 N–H and O–H groups in total. The summed E-state index contributed by atoms with van der Waals surface area (Å²) in [4.78, 5) is 41.6. The molecule has 6 nitrogen and oxygen atoms in total. The van der Waals surface area contributed by atoms with Gasteiger partial charge in [0.25, 0.3) is 11.8 Å². The van der Waals surface area contributed by atoms with Gasteiger partial charge < -0.3 is 14.8 Å². The Hall–Kier alpha value is -2.89. The molecule has 2 heterocycles. The van der Waals surface area contributed by atoms with Crippen molar-refractivity contribution < 1.29 is 9.59 Å². The quantitative estimate of drug-likeness (QED) is 0.745. The van der Waals surface area contributed by atoms with Gasteiger partial charge in [-0.25, -0.2) is 0 Å². The third-order valence-corrected chi connectivity index (χ3v) is 7.10. The number of hydrogen-bond acceptors (Lipinski definition) is 3. The third-order valence-electron chi connectivity index (χ3n) is 7.10. The summed E-state index contributed by atoms with van der Waals surface area (Å²) < 4.78 is 1.91. The van der Waals surface area contributed by atoms with Crippen LogP contribution in [0.15, 0.2) is 41.5 Å². The maximum absolute atomic E-state index is 13.4. The Bertz CT molecular complexity index is 1080. The number of carbonyl (C=O) groups is 2. The molecule has 168 valence electrons. The molecule has 2 saturated carbocycles. The van der Waals surface area contributed by atoms with Gasteiger partial charge in [0.15, 0.2) is 0 Å². The van der Waals surface area contributed by atoms with Crippen molar-refractivity contribution in [1.29, 1.82) is 0 Å². The Balaban J connectivity index is 1.42. The van der Waals surface area contributed by atoms with Crippen LogP contribution in [0.2, 0.25) is 0 Å². The van der Waals surface area contributed by atoms with Gasteiger partial charge in [0.2, 0.25) is 5.43 Å². The van der Waals surface area contributed by atoms with Crippen LogP contribution in [-0.4, -0.2) is 33.9 Å². The number of fused-ring (bicyclic) bond motifs is 1. The molecule has 5 rings (SSSR count). The Kier molecular flexibility index (Phi) is 5.85. The molecule has 2 aliphatic carbocycles. The van der Waals surface area contributed by atoms with E-state index in [4.69, 9.17) is 0 Å². The van der Waals surface area contributed by atoms with E-state index in [2.05, 4.69) is 11.4 Å². The molecular weight excluding hydrogens is 402 g/mol. The average Bonchev–Trinajstić information content (AvgIpc) is 3.67. The molecule has 2 aromatic rings. The molecule has 32 heavy (non-hydrogen) atoms. The maximum Gasteiger partial charge on any atom is 0.259 e. The van der Waals surface area contributed by atoms with Crippen LogP contribution in [0.1, 0.15) is 89.3 Å². The van der Waals surface area contributed by atoms with Gasteiger partial charge in [-0.3, -0.25) is 14.4 Å². The first kappa shape index (κ1) is 21.0. The lowest BCUT2D eigenvalue weighted by molar-refractivity contribution is 0.0732. The second kappa shape index (κ2) is 8.93. The zero-order chi connectivity index (χ0) is 22.1. The topological polar surface area (TPSA) is 71.4 Å². The van der Waals surface area contributed by atoms with Gasteiger partial charge in [0.1, 0.15) is 11.1 Å². The summed E-state index contributed by atoms with van der Waals surface area (Å²) in [5.41, 5.74) is 2.14. The molecule has 2 fully saturated rings. The summed E-state index contributed by atoms with van der Waals surface area (Å²) in [5.74, 6) is -0.613. The molecule has 1 aromatic carbocycles. The third kappa shape index (κ3) is 4.36. The molecule has 0 bridgehead atoms. The number of hydrogen-bond donors (Lipinski definition) is 1. The van der Waals surface area contributed by atoms with Crippen LogP contribution in [0.5, 0.6) is 0 Å². The Labute approximate surface area is 188 Å². The fourth-order valence-corrected chi connectivity index (χ4v) is 5.02. The molecule has 6 heteroatoms. The number of nitrogens with one attached hydrogen (secondary N) is 1. The lowest BCUT2D eigenvalue weighted by Crippen LogP contribution is -2.41. The number of nitrogens with zero attached hydrogens (tertiary/aromatic N) is 2.